The maximum atomic E-state index is 13.7. The van der Waals surface area contributed by atoms with Crippen molar-refractivity contribution in [2.45, 2.75) is 37.1 Å². The molecule has 0 saturated carbocycles. The first-order chi connectivity index (χ1) is 10.6. The Labute approximate surface area is 130 Å². The van der Waals surface area contributed by atoms with Crippen molar-refractivity contribution in [3.8, 4) is 0 Å². The zero-order valence-corrected chi connectivity index (χ0v) is 12.8. The lowest BCUT2D eigenvalue weighted by Crippen LogP contribution is -2.53. The summed E-state index contributed by atoms with van der Waals surface area (Å²) >= 11 is 0. The van der Waals surface area contributed by atoms with Gasteiger partial charge in [0.15, 0.2) is 0 Å². The molecule has 2 heterocycles. The Kier molecular flexibility index (Phi) is 4.45. The Bertz CT molecular complexity index is 535. The number of halogens is 1. The van der Waals surface area contributed by atoms with Crippen LogP contribution in [0.2, 0.25) is 0 Å². The molecular weight excluding hydrogens is 283 g/mol. The molecule has 2 aliphatic rings. The van der Waals surface area contributed by atoms with Gasteiger partial charge in [-0.15, -0.1) is 0 Å². The first kappa shape index (κ1) is 15.4. The number of piperidine rings is 1. The predicted octanol–water partition coefficient (Wildman–Crippen LogP) is 1.82. The third-order valence-corrected chi connectivity index (χ3v) is 4.96. The molecule has 2 aliphatic heterocycles. The smallest absolute Gasteiger partial charge is 0.233 e. The van der Waals surface area contributed by atoms with Crippen LogP contribution in [0.4, 0.5) is 4.39 Å². The number of hydrogen-bond acceptors (Lipinski definition) is 3. The minimum atomic E-state index is -0.651. The molecule has 4 nitrogen and oxygen atoms in total. The topological polar surface area (TPSA) is 55.6 Å². The number of benzene rings is 1. The lowest BCUT2D eigenvalue weighted by Gasteiger charge is -2.42. The van der Waals surface area contributed by atoms with Gasteiger partial charge in [-0.25, -0.2) is 4.39 Å². The van der Waals surface area contributed by atoms with Crippen LogP contribution >= 0.6 is 0 Å². The van der Waals surface area contributed by atoms with Crippen LogP contribution in [0.5, 0.6) is 0 Å². The van der Waals surface area contributed by atoms with E-state index in [2.05, 4.69) is 0 Å². The average Bonchev–Trinajstić information content (AvgIpc) is 2.55. The Morgan fingerprint density at radius 2 is 1.95 bits per heavy atom. The van der Waals surface area contributed by atoms with Gasteiger partial charge < -0.3 is 15.4 Å². The molecule has 2 saturated heterocycles. The van der Waals surface area contributed by atoms with Crippen molar-refractivity contribution in [3.05, 3.63) is 35.6 Å². The van der Waals surface area contributed by atoms with Crippen LogP contribution in [-0.4, -0.2) is 43.2 Å². The van der Waals surface area contributed by atoms with Crippen LogP contribution in [0.25, 0.3) is 0 Å². The van der Waals surface area contributed by atoms with E-state index in [1.165, 1.54) is 12.1 Å². The molecule has 0 radical (unpaired) electrons. The van der Waals surface area contributed by atoms with Gasteiger partial charge in [-0.3, -0.25) is 4.79 Å². The van der Waals surface area contributed by atoms with Crippen LogP contribution < -0.4 is 5.73 Å². The highest BCUT2D eigenvalue weighted by Gasteiger charge is 2.44. The molecule has 0 aromatic heterocycles. The van der Waals surface area contributed by atoms with Gasteiger partial charge in [-0.2, -0.15) is 0 Å². The predicted molar refractivity (Wildman–Crippen MR) is 81.9 cm³/mol. The zero-order chi connectivity index (χ0) is 15.6. The monoisotopic (exact) mass is 306 g/mol. The minimum Gasteiger partial charge on any atom is -0.381 e. The third kappa shape index (κ3) is 2.88. The van der Waals surface area contributed by atoms with Crippen LogP contribution in [-0.2, 0) is 14.9 Å². The second-order valence-electron chi connectivity index (χ2n) is 6.33. The van der Waals surface area contributed by atoms with E-state index in [0.717, 1.165) is 18.4 Å². The maximum absolute atomic E-state index is 13.7. The highest BCUT2D eigenvalue weighted by Crippen LogP contribution is 2.37. The molecule has 1 amide bonds. The summed E-state index contributed by atoms with van der Waals surface area (Å²) in [5.74, 6) is -0.190. The maximum Gasteiger partial charge on any atom is 0.233 e. The molecule has 2 N–H and O–H groups in total. The highest BCUT2D eigenvalue weighted by atomic mass is 19.1. The summed E-state index contributed by atoms with van der Waals surface area (Å²) in [5.41, 5.74) is 6.05. The zero-order valence-electron chi connectivity index (χ0n) is 12.8. The fourth-order valence-electron chi connectivity index (χ4n) is 3.54. The molecule has 2 fully saturated rings. The van der Waals surface area contributed by atoms with Crippen molar-refractivity contribution in [2.24, 2.45) is 5.73 Å². The molecule has 0 aliphatic carbocycles. The SMILES string of the molecule is NC1CCN(C(=O)C2(c3cccc(F)c3)CCOCC2)CC1. The van der Waals surface area contributed by atoms with Crippen LogP contribution in [0.3, 0.4) is 0 Å². The summed E-state index contributed by atoms with van der Waals surface area (Å²) in [4.78, 5) is 15.1. The van der Waals surface area contributed by atoms with Crippen molar-refractivity contribution in [3.63, 3.8) is 0 Å². The number of likely N-dealkylation sites (tertiary alicyclic amines) is 1. The number of hydrogen-bond donors (Lipinski definition) is 1. The normalized spacial score (nSPS) is 22.5. The standard InChI is InChI=1S/C17H23FN2O2/c18-14-3-1-2-13(12-14)17(6-10-22-11-7-17)16(21)20-8-4-15(19)5-9-20/h1-3,12,15H,4-11,19H2. The van der Waals surface area contributed by atoms with E-state index >= 15 is 0 Å². The van der Waals surface area contributed by atoms with Crippen molar-refractivity contribution in [2.75, 3.05) is 26.3 Å². The molecule has 0 unspecified atom stereocenters. The van der Waals surface area contributed by atoms with E-state index in [1.807, 2.05) is 11.0 Å². The summed E-state index contributed by atoms with van der Waals surface area (Å²) in [6.07, 6.45) is 2.89. The van der Waals surface area contributed by atoms with E-state index in [0.29, 0.717) is 39.1 Å². The number of nitrogens with two attached hydrogens (primary N) is 1. The first-order valence-corrected chi connectivity index (χ1v) is 8.00. The van der Waals surface area contributed by atoms with Gasteiger partial charge >= 0.3 is 0 Å². The number of rotatable bonds is 2. The Hall–Kier alpha value is -1.46. The Balaban J connectivity index is 1.90. The highest BCUT2D eigenvalue weighted by molar-refractivity contribution is 5.88. The molecule has 3 rings (SSSR count). The molecular formula is C17H23FN2O2. The summed E-state index contributed by atoms with van der Waals surface area (Å²) in [6, 6.07) is 6.65. The fraction of sp³-hybridized carbons (Fsp3) is 0.588. The minimum absolute atomic E-state index is 0.105. The van der Waals surface area contributed by atoms with E-state index in [-0.39, 0.29) is 17.8 Å². The van der Waals surface area contributed by atoms with Crippen molar-refractivity contribution >= 4 is 5.91 Å². The molecule has 1 aromatic rings. The van der Waals surface area contributed by atoms with Gasteiger partial charge in [-0.1, -0.05) is 12.1 Å². The van der Waals surface area contributed by atoms with Gasteiger partial charge in [0, 0.05) is 32.3 Å². The number of carbonyl (C=O) groups is 1. The van der Waals surface area contributed by atoms with Crippen LogP contribution in [0, 0.1) is 5.82 Å². The summed E-state index contributed by atoms with van der Waals surface area (Å²) in [6.45, 7) is 2.46. The lowest BCUT2D eigenvalue weighted by atomic mass is 9.72. The van der Waals surface area contributed by atoms with Gasteiger partial charge in [0.25, 0.3) is 0 Å². The Morgan fingerprint density at radius 3 is 2.59 bits per heavy atom. The quantitative estimate of drug-likeness (QED) is 0.907. The first-order valence-electron chi connectivity index (χ1n) is 8.00. The number of nitrogens with zero attached hydrogens (tertiary/aromatic N) is 1. The van der Waals surface area contributed by atoms with Crippen molar-refractivity contribution < 1.29 is 13.9 Å². The lowest BCUT2D eigenvalue weighted by molar-refractivity contribution is -0.142. The van der Waals surface area contributed by atoms with Crippen molar-refractivity contribution in [1.29, 1.82) is 0 Å². The van der Waals surface area contributed by atoms with E-state index in [1.54, 1.807) is 6.07 Å². The second kappa shape index (κ2) is 6.34. The number of carbonyl (C=O) groups excluding carboxylic acids is 1. The van der Waals surface area contributed by atoms with E-state index in [9.17, 15) is 9.18 Å². The second-order valence-corrected chi connectivity index (χ2v) is 6.33. The molecule has 1 aromatic carbocycles. The van der Waals surface area contributed by atoms with Gasteiger partial charge in [-0.05, 0) is 43.4 Å². The average molecular weight is 306 g/mol. The molecule has 22 heavy (non-hydrogen) atoms. The fourth-order valence-corrected chi connectivity index (χ4v) is 3.54. The summed E-state index contributed by atoms with van der Waals surface area (Å²) < 4.78 is 19.1. The number of ether oxygens (including phenoxy) is 1. The van der Waals surface area contributed by atoms with E-state index < -0.39 is 5.41 Å². The molecule has 5 heteroatoms. The largest absolute Gasteiger partial charge is 0.381 e. The van der Waals surface area contributed by atoms with Crippen LogP contribution in [0.1, 0.15) is 31.2 Å². The molecule has 0 atom stereocenters. The van der Waals surface area contributed by atoms with Gasteiger partial charge in [0.1, 0.15) is 5.82 Å². The molecule has 120 valence electrons. The molecule has 0 spiro atoms. The Morgan fingerprint density at radius 1 is 1.27 bits per heavy atom. The van der Waals surface area contributed by atoms with Crippen molar-refractivity contribution in [1.82, 2.24) is 4.90 Å². The number of amides is 1. The summed E-state index contributed by atoms with van der Waals surface area (Å²) in [7, 11) is 0. The van der Waals surface area contributed by atoms with Gasteiger partial charge in [0.2, 0.25) is 5.91 Å². The van der Waals surface area contributed by atoms with Gasteiger partial charge in [0.05, 0.1) is 5.41 Å². The van der Waals surface area contributed by atoms with Crippen LogP contribution in [0.15, 0.2) is 24.3 Å². The third-order valence-electron chi connectivity index (χ3n) is 4.96. The molecule has 0 bridgehead atoms. The van der Waals surface area contributed by atoms with E-state index in [4.69, 9.17) is 10.5 Å². The summed E-state index contributed by atoms with van der Waals surface area (Å²) in [5, 5.41) is 0.